The van der Waals surface area contributed by atoms with E-state index in [2.05, 4.69) is 13.2 Å². The molecule has 38 heavy (non-hydrogen) atoms. The number of carbonyl (C=O) groups is 3. The van der Waals surface area contributed by atoms with E-state index in [1.54, 1.807) is 15.9 Å². The Hall–Kier alpha value is -2.97. The van der Waals surface area contributed by atoms with E-state index in [1.807, 2.05) is 51.1 Å². The monoisotopic (exact) mass is 524 g/mol. The van der Waals surface area contributed by atoms with Crippen molar-refractivity contribution in [3.05, 3.63) is 61.2 Å². The number of rotatable bonds is 12. The Labute approximate surface area is 225 Å². The fraction of sp³-hybridized carbons (Fsp3) is 0.567. The van der Waals surface area contributed by atoms with E-state index in [0.29, 0.717) is 25.8 Å². The maximum Gasteiger partial charge on any atom is 0.313 e. The van der Waals surface area contributed by atoms with Gasteiger partial charge >= 0.3 is 5.97 Å². The van der Waals surface area contributed by atoms with Gasteiger partial charge < -0.3 is 24.4 Å². The van der Waals surface area contributed by atoms with E-state index >= 15 is 0 Å². The van der Waals surface area contributed by atoms with Gasteiger partial charge in [0.15, 0.2) is 0 Å². The molecule has 0 aliphatic carbocycles. The van der Waals surface area contributed by atoms with E-state index in [1.165, 1.54) is 6.08 Å². The molecule has 3 heterocycles. The largest absolute Gasteiger partial charge is 0.461 e. The van der Waals surface area contributed by atoms with E-state index in [0.717, 1.165) is 5.56 Å². The molecular weight excluding hydrogens is 484 g/mol. The highest BCUT2D eigenvalue weighted by Crippen LogP contribution is 2.64. The molecule has 3 aliphatic rings. The second kappa shape index (κ2) is 11.0. The number of carbonyl (C=O) groups excluding carboxylic acids is 3. The lowest BCUT2D eigenvalue weighted by Gasteiger charge is -2.41. The first-order chi connectivity index (χ1) is 18.2. The van der Waals surface area contributed by atoms with Gasteiger partial charge in [-0.2, -0.15) is 0 Å². The van der Waals surface area contributed by atoms with Crippen LogP contribution >= 0.6 is 0 Å². The molecule has 1 N–H and O–H groups in total. The summed E-state index contributed by atoms with van der Waals surface area (Å²) in [5.41, 5.74) is -1.16. The summed E-state index contributed by atoms with van der Waals surface area (Å²) >= 11 is 0. The van der Waals surface area contributed by atoms with E-state index in [-0.39, 0.29) is 37.5 Å². The van der Waals surface area contributed by atoms with Crippen molar-refractivity contribution in [1.82, 2.24) is 9.80 Å². The minimum absolute atomic E-state index is 0.0295. The van der Waals surface area contributed by atoms with Crippen molar-refractivity contribution in [2.45, 2.75) is 69.9 Å². The zero-order valence-corrected chi connectivity index (χ0v) is 22.7. The molecule has 4 rings (SSSR count). The molecule has 7 atom stereocenters. The van der Waals surface area contributed by atoms with E-state index < -0.39 is 41.1 Å². The molecule has 206 valence electrons. The van der Waals surface area contributed by atoms with Crippen molar-refractivity contribution in [2.24, 2.45) is 17.8 Å². The van der Waals surface area contributed by atoms with Gasteiger partial charge in [-0.05, 0) is 31.2 Å². The number of likely N-dealkylation sites (tertiary alicyclic amines) is 1. The fourth-order valence-corrected chi connectivity index (χ4v) is 6.77. The molecule has 3 saturated heterocycles. The van der Waals surface area contributed by atoms with Gasteiger partial charge in [0, 0.05) is 13.1 Å². The summed E-state index contributed by atoms with van der Waals surface area (Å²) in [6, 6.07) is 8.07. The number of aliphatic hydroxyl groups excluding tert-OH is 1. The first-order valence-electron chi connectivity index (χ1n) is 13.5. The maximum absolute atomic E-state index is 14.5. The molecule has 2 unspecified atom stereocenters. The minimum atomic E-state index is -1.18. The molecule has 0 aromatic heterocycles. The molecule has 2 amide bonds. The number of amides is 2. The third kappa shape index (κ3) is 4.47. The Kier molecular flexibility index (Phi) is 8.14. The van der Waals surface area contributed by atoms with Crippen LogP contribution in [0.5, 0.6) is 0 Å². The number of hydrogen-bond acceptors (Lipinski definition) is 6. The summed E-state index contributed by atoms with van der Waals surface area (Å²) in [5.74, 6) is -2.90. The van der Waals surface area contributed by atoms with Crippen LogP contribution in [0.2, 0.25) is 0 Å². The van der Waals surface area contributed by atoms with Crippen molar-refractivity contribution in [2.75, 3.05) is 19.8 Å². The van der Waals surface area contributed by atoms with Crippen LogP contribution in [-0.2, 0) is 30.4 Å². The first-order valence-corrected chi connectivity index (χ1v) is 13.5. The second-order valence-electron chi connectivity index (χ2n) is 11.0. The molecule has 3 fully saturated rings. The molecule has 8 nitrogen and oxygen atoms in total. The molecule has 0 radical (unpaired) electrons. The van der Waals surface area contributed by atoms with Crippen molar-refractivity contribution >= 4 is 17.8 Å². The average Bonchev–Trinajstić information content (AvgIpc) is 3.48. The Morgan fingerprint density at radius 3 is 2.58 bits per heavy atom. The van der Waals surface area contributed by atoms with Crippen LogP contribution in [0.3, 0.4) is 0 Å². The second-order valence-corrected chi connectivity index (χ2v) is 11.0. The van der Waals surface area contributed by atoms with Crippen molar-refractivity contribution in [3.8, 4) is 0 Å². The van der Waals surface area contributed by atoms with Gasteiger partial charge in [0.1, 0.15) is 24.2 Å². The maximum atomic E-state index is 14.5. The van der Waals surface area contributed by atoms with Gasteiger partial charge in [0.25, 0.3) is 0 Å². The van der Waals surface area contributed by atoms with Crippen LogP contribution in [0.1, 0.15) is 45.6 Å². The van der Waals surface area contributed by atoms with Crippen LogP contribution < -0.4 is 0 Å². The zero-order valence-electron chi connectivity index (χ0n) is 22.7. The van der Waals surface area contributed by atoms with Crippen LogP contribution in [0, 0.1) is 17.8 Å². The highest BCUT2D eigenvalue weighted by atomic mass is 16.6. The number of ether oxygens (including phenoxy) is 2. The number of esters is 1. The SMILES string of the molecule is C=CCOC(=O)[C@H]1[C@H]2C(=O)N([C@@H](CO)[C@@H](C)CC)C(C(=O)N(CC=C)Cc3ccccc3)C23CC[C@]1(C)O3. The van der Waals surface area contributed by atoms with Gasteiger partial charge in [0.2, 0.25) is 11.8 Å². The lowest BCUT2D eigenvalue weighted by Crippen LogP contribution is -2.59. The summed E-state index contributed by atoms with van der Waals surface area (Å²) in [5, 5.41) is 10.5. The molecule has 1 aromatic rings. The van der Waals surface area contributed by atoms with Gasteiger partial charge in [-0.25, -0.2) is 0 Å². The highest BCUT2D eigenvalue weighted by molar-refractivity contribution is 5.98. The molecule has 3 aliphatic heterocycles. The summed E-state index contributed by atoms with van der Waals surface area (Å²) in [7, 11) is 0. The number of hydrogen-bond donors (Lipinski definition) is 1. The first kappa shape index (κ1) is 28.0. The molecule has 8 heteroatoms. The van der Waals surface area contributed by atoms with E-state index in [9.17, 15) is 19.5 Å². The topological polar surface area (TPSA) is 96.4 Å². The van der Waals surface area contributed by atoms with Crippen LogP contribution in [0.25, 0.3) is 0 Å². The van der Waals surface area contributed by atoms with Gasteiger partial charge in [-0.15, -0.1) is 6.58 Å². The number of aliphatic hydroxyl groups is 1. The fourth-order valence-electron chi connectivity index (χ4n) is 6.77. The third-order valence-electron chi connectivity index (χ3n) is 8.77. The van der Waals surface area contributed by atoms with E-state index in [4.69, 9.17) is 9.47 Å². The van der Waals surface area contributed by atoms with Crippen molar-refractivity contribution in [1.29, 1.82) is 0 Å². The summed E-state index contributed by atoms with van der Waals surface area (Å²) in [4.78, 5) is 45.3. The lowest BCUT2D eigenvalue weighted by molar-refractivity contribution is -0.162. The zero-order chi connectivity index (χ0) is 27.7. The number of fused-ring (bicyclic) bond motifs is 1. The molecule has 2 bridgehead atoms. The van der Waals surface area contributed by atoms with Gasteiger partial charge in [-0.1, -0.05) is 69.3 Å². The Balaban J connectivity index is 1.81. The molecule has 1 aromatic carbocycles. The molecule has 1 spiro atoms. The highest BCUT2D eigenvalue weighted by Gasteiger charge is 2.79. The van der Waals surface area contributed by atoms with Crippen molar-refractivity contribution in [3.63, 3.8) is 0 Å². The molecular formula is C30H40N2O6. The predicted octanol–water partition coefficient (Wildman–Crippen LogP) is 3.10. The lowest BCUT2D eigenvalue weighted by atomic mass is 9.66. The standard InChI is InChI=1S/C30H40N2O6/c1-6-16-31(18-21-12-10-9-11-13-21)27(35)25-30-15-14-29(5,38-30)24(28(36)37-17-7-2)23(30)26(34)32(25)22(19-33)20(4)8-3/h6-7,9-13,20,22-25,33H,1-2,8,14-19H2,3-5H3/t20-,22-,23-,24+,25?,29-,30?/m0/s1. The van der Waals surface area contributed by atoms with Crippen LogP contribution in [0.4, 0.5) is 0 Å². The van der Waals surface area contributed by atoms with Crippen LogP contribution in [0.15, 0.2) is 55.6 Å². The van der Waals surface area contributed by atoms with Crippen LogP contribution in [-0.4, -0.2) is 75.7 Å². The third-order valence-corrected chi connectivity index (χ3v) is 8.77. The summed E-state index contributed by atoms with van der Waals surface area (Å²) in [6.45, 7) is 13.6. The number of benzene rings is 1. The summed E-state index contributed by atoms with van der Waals surface area (Å²) < 4.78 is 12.1. The number of nitrogens with zero attached hydrogens (tertiary/aromatic N) is 2. The smallest absolute Gasteiger partial charge is 0.313 e. The average molecular weight is 525 g/mol. The minimum Gasteiger partial charge on any atom is -0.461 e. The Morgan fingerprint density at radius 1 is 1.26 bits per heavy atom. The Morgan fingerprint density at radius 2 is 1.97 bits per heavy atom. The van der Waals surface area contributed by atoms with Crippen molar-refractivity contribution < 1.29 is 29.0 Å². The Bertz CT molecular complexity index is 1080. The summed E-state index contributed by atoms with van der Waals surface area (Å²) in [6.07, 6.45) is 4.84. The quantitative estimate of drug-likeness (QED) is 0.334. The van der Waals surface area contributed by atoms with Gasteiger partial charge in [-0.3, -0.25) is 14.4 Å². The predicted molar refractivity (Wildman–Crippen MR) is 143 cm³/mol. The molecule has 0 saturated carbocycles. The normalized spacial score (nSPS) is 31.0. The van der Waals surface area contributed by atoms with Gasteiger partial charge in [0.05, 0.1) is 24.2 Å².